The summed E-state index contributed by atoms with van der Waals surface area (Å²) in [7, 11) is 6.02. The smallest absolute Gasteiger partial charge is 0.241 e. The third-order valence-corrected chi connectivity index (χ3v) is 4.06. The van der Waals surface area contributed by atoms with Crippen molar-refractivity contribution in [3.63, 3.8) is 0 Å². The maximum atomic E-state index is 12.5. The van der Waals surface area contributed by atoms with E-state index in [0.717, 1.165) is 18.7 Å². The van der Waals surface area contributed by atoms with Crippen molar-refractivity contribution in [2.24, 2.45) is 0 Å². The molecule has 0 aromatic heterocycles. The van der Waals surface area contributed by atoms with Crippen LogP contribution >= 0.6 is 0 Å². The molecule has 1 amide bonds. The summed E-state index contributed by atoms with van der Waals surface area (Å²) in [6.45, 7) is 1.88. The number of likely N-dealkylation sites (tertiary alicyclic amines) is 1. The Morgan fingerprint density at radius 1 is 1.40 bits per heavy atom. The van der Waals surface area contributed by atoms with E-state index in [9.17, 15) is 4.79 Å². The Hall–Kier alpha value is -1.39. The summed E-state index contributed by atoms with van der Waals surface area (Å²) in [5.74, 6) is 0.0847. The van der Waals surface area contributed by atoms with Crippen LogP contribution in [0.2, 0.25) is 0 Å². The van der Waals surface area contributed by atoms with E-state index in [0.29, 0.717) is 6.04 Å². The fourth-order valence-corrected chi connectivity index (χ4v) is 2.87. The van der Waals surface area contributed by atoms with Crippen LogP contribution in [-0.2, 0) is 4.79 Å². The second kappa shape index (κ2) is 6.86. The number of benzene rings is 1. The van der Waals surface area contributed by atoms with Gasteiger partial charge in [0.25, 0.3) is 0 Å². The van der Waals surface area contributed by atoms with Gasteiger partial charge in [0.1, 0.15) is 6.04 Å². The van der Waals surface area contributed by atoms with Crippen LogP contribution in [0, 0.1) is 0 Å². The fourth-order valence-electron chi connectivity index (χ4n) is 2.87. The number of carbonyl (C=O) groups excluding carboxylic acids is 1. The molecular weight excluding hydrogens is 250 g/mol. The zero-order valence-corrected chi connectivity index (χ0v) is 12.7. The van der Waals surface area contributed by atoms with E-state index in [1.807, 2.05) is 49.3 Å². The number of hydrogen-bond acceptors (Lipinski definition) is 3. The molecule has 1 aromatic carbocycles. The SMILES string of the molecule is CN(C)[C@H](C(=O)NC[C@H]1CCCN1C)c1ccccc1. The number of nitrogens with zero attached hydrogens (tertiary/aromatic N) is 2. The van der Waals surface area contributed by atoms with Gasteiger partial charge in [0, 0.05) is 12.6 Å². The Morgan fingerprint density at radius 3 is 2.65 bits per heavy atom. The molecule has 1 fully saturated rings. The van der Waals surface area contributed by atoms with Crippen LogP contribution in [0.25, 0.3) is 0 Å². The topological polar surface area (TPSA) is 35.6 Å². The lowest BCUT2D eigenvalue weighted by Gasteiger charge is -2.26. The molecule has 0 spiro atoms. The van der Waals surface area contributed by atoms with Gasteiger partial charge in [-0.2, -0.15) is 0 Å². The quantitative estimate of drug-likeness (QED) is 0.884. The van der Waals surface area contributed by atoms with Crippen LogP contribution in [0.4, 0.5) is 0 Å². The molecule has 110 valence electrons. The average molecular weight is 275 g/mol. The normalized spacial score (nSPS) is 21.1. The Labute approximate surface area is 121 Å². The van der Waals surface area contributed by atoms with Crippen molar-refractivity contribution in [3.8, 4) is 0 Å². The Balaban J connectivity index is 1.97. The molecule has 1 N–H and O–H groups in total. The largest absolute Gasteiger partial charge is 0.353 e. The molecule has 1 aliphatic rings. The summed E-state index contributed by atoms with van der Waals surface area (Å²) in [6, 6.07) is 10.2. The molecule has 0 aliphatic carbocycles. The first kappa shape index (κ1) is 15.0. The van der Waals surface area contributed by atoms with Crippen molar-refractivity contribution in [2.45, 2.75) is 24.9 Å². The fraction of sp³-hybridized carbons (Fsp3) is 0.562. The van der Waals surface area contributed by atoms with Crippen molar-refractivity contribution in [1.82, 2.24) is 15.1 Å². The summed E-state index contributed by atoms with van der Waals surface area (Å²) in [5.41, 5.74) is 1.04. The van der Waals surface area contributed by atoms with Crippen LogP contribution in [0.5, 0.6) is 0 Å². The standard InChI is InChI=1S/C16H25N3O/c1-18(2)15(13-8-5-4-6-9-13)16(20)17-12-14-10-7-11-19(14)3/h4-6,8-9,14-15H,7,10-12H2,1-3H3,(H,17,20)/t14-,15+/m1/s1. The second-order valence-corrected chi connectivity index (χ2v) is 5.80. The minimum atomic E-state index is -0.220. The van der Waals surface area contributed by atoms with E-state index in [2.05, 4.69) is 17.3 Å². The molecule has 4 heteroatoms. The van der Waals surface area contributed by atoms with Gasteiger partial charge in [-0.25, -0.2) is 0 Å². The highest BCUT2D eigenvalue weighted by molar-refractivity contribution is 5.83. The van der Waals surface area contributed by atoms with Crippen LogP contribution in [0.15, 0.2) is 30.3 Å². The van der Waals surface area contributed by atoms with Gasteiger partial charge < -0.3 is 10.2 Å². The Morgan fingerprint density at radius 2 is 2.10 bits per heavy atom. The average Bonchev–Trinajstić information content (AvgIpc) is 2.83. The first-order valence-corrected chi connectivity index (χ1v) is 7.29. The van der Waals surface area contributed by atoms with Gasteiger partial charge in [-0.05, 0) is 46.1 Å². The lowest BCUT2D eigenvalue weighted by atomic mass is 10.1. The second-order valence-electron chi connectivity index (χ2n) is 5.80. The zero-order valence-electron chi connectivity index (χ0n) is 12.7. The number of nitrogens with one attached hydrogen (secondary N) is 1. The van der Waals surface area contributed by atoms with Crippen molar-refractivity contribution < 1.29 is 4.79 Å². The van der Waals surface area contributed by atoms with E-state index >= 15 is 0 Å². The highest BCUT2D eigenvalue weighted by atomic mass is 16.2. The maximum absolute atomic E-state index is 12.5. The Kier molecular flexibility index (Phi) is 5.15. The highest BCUT2D eigenvalue weighted by Gasteiger charge is 2.25. The summed E-state index contributed by atoms with van der Waals surface area (Å²) in [5, 5.41) is 3.11. The van der Waals surface area contributed by atoms with Crippen LogP contribution < -0.4 is 5.32 Å². The Bertz CT molecular complexity index is 433. The van der Waals surface area contributed by atoms with E-state index in [-0.39, 0.29) is 11.9 Å². The monoisotopic (exact) mass is 275 g/mol. The first-order chi connectivity index (χ1) is 9.59. The van der Waals surface area contributed by atoms with Crippen molar-refractivity contribution in [1.29, 1.82) is 0 Å². The van der Waals surface area contributed by atoms with Gasteiger partial charge in [0.15, 0.2) is 0 Å². The molecule has 4 nitrogen and oxygen atoms in total. The molecule has 2 atom stereocenters. The van der Waals surface area contributed by atoms with Crippen molar-refractivity contribution in [3.05, 3.63) is 35.9 Å². The van der Waals surface area contributed by atoms with E-state index < -0.39 is 0 Å². The molecule has 2 rings (SSSR count). The van der Waals surface area contributed by atoms with Crippen LogP contribution in [0.1, 0.15) is 24.4 Å². The molecule has 0 bridgehead atoms. The van der Waals surface area contributed by atoms with Gasteiger partial charge in [0.05, 0.1) is 0 Å². The predicted molar refractivity (Wildman–Crippen MR) is 81.5 cm³/mol. The van der Waals surface area contributed by atoms with Gasteiger partial charge >= 0.3 is 0 Å². The minimum Gasteiger partial charge on any atom is -0.353 e. The molecule has 20 heavy (non-hydrogen) atoms. The molecule has 0 saturated carbocycles. The lowest BCUT2D eigenvalue weighted by Crippen LogP contribution is -2.43. The third kappa shape index (κ3) is 3.58. The maximum Gasteiger partial charge on any atom is 0.241 e. The number of carbonyl (C=O) groups is 1. The van der Waals surface area contributed by atoms with Crippen LogP contribution in [-0.4, -0.2) is 56.0 Å². The molecule has 1 heterocycles. The molecule has 1 saturated heterocycles. The summed E-state index contributed by atoms with van der Waals surface area (Å²) in [4.78, 5) is 16.8. The number of likely N-dealkylation sites (N-methyl/N-ethyl adjacent to an activating group) is 2. The van der Waals surface area contributed by atoms with E-state index in [1.165, 1.54) is 12.8 Å². The van der Waals surface area contributed by atoms with Crippen LogP contribution in [0.3, 0.4) is 0 Å². The highest BCUT2D eigenvalue weighted by Crippen LogP contribution is 2.19. The zero-order chi connectivity index (χ0) is 14.5. The summed E-state index contributed by atoms with van der Waals surface area (Å²) < 4.78 is 0. The first-order valence-electron chi connectivity index (χ1n) is 7.29. The van der Waals surface area contributed by atoms with Gasteiger partial charge in [-0.3, -0.25) is 9.69 Å². The summed E-state index contributed by atoms with van der Waals surface area (Å²) in [6.07, 6.45) is 2.40. The van der Waals surface area contributed by atoms with Crippen molar-refractivity contribution >= 4 is 5.91 Å². The van der Waals surface area contributed by atoms with E-state index in [4.69, 9.17) is 0 Å². The van der Waals surface area contributed by atoms with Gasteiger partial charge in [0.2, 0.25) is 5.91 Å². The van der Waals surface area contributed by atoms with Crippen molar-refractivity contribution in [2.75, 3.05) is 34.2 Å². The van der Waals surface area contributed by atoms with Gasteiger partial charge in [-0.15, -0.1) is 0 Å². The van der Waals surface area contributed by atoms with E-state index in [1.54, 1.807) is 0 Å². The van der Waals surface area contributed by atoms with Gasteiger partial charge in [-0.1, -0.05) is 30.3 Å². The number of rotatable bonds is 5. The number of hydrogen-bond donors (Lipinski definition) is 1. The number of amides is 1. The third-order valence-electron chi connectivity index (χ3n) is 4.06. The molecule has 0 unspecified atom stereocenters. The summed E-state index contributed by atoms with van der Waals surface area (Å²) >= 11 is 0. The molecular formula is C16H25N3O. The lowest BCUT2D eigenvalue weighted by molar-refractivity contribution is -0.126. The predicted octanol–water partition coefficient (Wildman–Crippen LogP) is 1.50. The molecule has 0 radical (unpaired) electrons. The minimum absolute atomic E-state index is 0.0847. The molecule has 1 aliphatic heterocycles. The molecule has 1 aromatic rings.